The second-order valence-corrected chi connectivity index (χ2v) is 3.25. The van der Waals surface area contributed by atoms with Crippen LogP contribution in [0.1, 0.15) is 24.9 Å². The Morgan fingerprint density at radius 1 is 1.79 bits per heavy atom. The summed E-state index contributed by atoms with van der Waals surface area (Å²) < 4.78 is 0. The van der Waals surface area contributed by atoms with Crippen LogP contribution >= 0.6 is 0 Å². The highest BCUT2D eigenvalue weighted by atomic mass is 16.4. The number of nitrogens with zero attached hydrogens (tertiary/aromatic N) is 1. The molecule has 0 radical (unpaired) electrons. The lowest BCUT2D eigenvalue weighted by Gasteiger charge is -2.02. The van der Waals surface area contributed by atoms with Gasteiger partial charge in [-0.25, -0.2) is 4.98 Å². The Labute approximate surface area is 82.3 Å². The van der Waals surface area contributed by atoms with Crippen LogP contribution in [0.5, 0.6) is 0 Å². The van der Waals surface area contributed by atoms with Gasteiger partial charge < -0.3 is 15.8 Å². The molecule has 0 aliphatic carbocycles. The Bertz CT molecular complexity index is 309. The zero-order valence-electron chi connectivity index (χ0n) is 8.16. The lowest BCUT2D eigenvalue weighted by atomic mass is 10.2. The molecule has 0 aromatic carbocycles. The van der Waals surface area contributed by atoms with Gasteiger partial charge in [0, 0.05) is 24.7 Å². The average Bonchev–Trinajstić information content (AvgIpc) is 2.53. The minimum absolute atomic E-state index is 0.298. The second-order valence-electron chi connectivity index (χ2n) is 3.25. The fourth-order valence-corrected chi connectivity index (χ4v) is 1.20. The zero-order valence-corrected chi connectivity index (χ0v) is 8.16. The average molecular weight is 197 g/mol. The quantitative estimate of drug-likeness (QED) is 0.633. The van der Waals surface area contributed by atoms with Gasteiger partial charge in [0.15, 0.2) is 0 Å². The highest BCUT2D eigenvalue weighted by molar-refractivity contribution is 5.73. The van der Waals surface area contributed by atoms with Crippen LogP contribution in [0.25, 0.3) is 0 Å². The summed E-state index contributed by atoms with van der Waals surface area (Å²) in [6.07, 6.45) is 3.83. The van der Waals surface area contributed by atoms with Gasteiger partial charge in [-0.2, -0.15) is 0 Å². The maximum Gasteiger partial charge on any atom is 0.320 e. The first-order valence-electron chi connectivity index (χ1n) is 4.64. The summed E-state index contributed by atoms with van der Waals surface area (Å²) in [5.74, 6) is -0.100. The van der Waals surface area contributed by atoms with Crippen molar-refractivity contribution in [2.45, 2.75) is 32.2 Å². The maximum absolute atomic E-state index is 10.5. The first-order valence-corrected chi connectivity index (χ1v) is 4.64. The molecular weight excluding hydrogens is 182 g/mol. The van der Waals surface area contributed by atoms with Crippen molar-refractivity contribution in [2.24, 2.45) is 5.73 Å². The molecule has 0 fully saturated rings. The van der Waals surface area contributed by atoms with Gasteiger partial charge in [-0.05, 0) is 6.42 Å². The fourth-order valence-electron chi connectivity index (χ4n) is 1.20. The number of aromatic amines is 1. The number of carbonyl (C=O) groups is 1. The van der Waals surface area contributed by atoms with E-state index in [0.717, 1.165) is 24.4 Å². The topological polar surface area (TPSA) is 92.0 Å². The highest BCUT2D eigenvalue weighted by Crippen LogP contribution is 2.02. The van der Waals surface area contributed by atoms with E-state index in [1.54, 1.807) is 6.20 Å². The first-order chi connectivity index (χ1) is 6.63. The summed E-state index contributed by atoms with van der Waals surface area (Å²) >= 11 is 0. The standard InChI is InChI=1S/C9H15N3O2/c1-2-3-8-11-5-6(12-8)4-7(10)9(13)14/h5,7H,2-4,10H2,1H3,(H,11,12)(H,13,14). The summed E-state index contributed by atoms with van der Waals surface area (Å²) in [7, 11) is 0. The second kappa shape index (κ2) is 4.76. The third kappa shape index (κ3) is 2.85. The predicted molar refractivity (Wildman–Crippen MR) is 51.9 cm³/mol. The summed E-state index contributed by atoms with van der Waals surface area (Å²) in [6, 6.07) is -0.857. The lowest BCUT2D eigenvalue weighted by Crippen LogP contribution is -2.32. The van der Waals surface area contributed by atoms with Gasteiger partial charge in [0.05, 0.1) is 0 Å². The van der Waals surface area contributed by atoms with Crippen LogP contribution in [0.4, 0.5) is 0 Å². The van der Waals surface area contributed by atoms with Crippen molar-refractivity contribution in [2.75, 3.05) is 0 Å². The Morgan fingerprint density at radius 3 is 3.07 bits per heavy atom. The molecule has 0 aliphatic heterocycles. The lowest BCUT2D eigenvalue weighted by molar-refractivity contribution is -0.138. The van der Waals surface area contributed by atoms with E-state index in [2.05, 4.69) is 16.9 Å². The van der Waals surface area contributed by atoms with Crippen molar-refractivity contribution in [1.29, 1.82) is 0 Å². The Balaban J connectivity index is 2.55. The van der Waals surface area contributed by atoms with Crippen molar-refractivity contribution in [1.82, 2.24) is 9.97 Å². The number of carboxylic acid groups (broad SMARTS) is 1. The van der Waals surface area contributed by atoms with Crippen LogP contribution in [0, 0.1) is 0 Å². The molecular formula is C9H15N3O2. The number of hydrogen-bond acceptors (Lipinski definition) is 3. The number of nitrogens with two attached hydrogens (primary N) is 1. The van der Waals surface area contributed by atoms with Gasteiger partial charge in [0.1, 0.15) is 11.9 Å². The number of H-pyrrole nitrogens is 1. The molecule has 4 N–H and O–H groups in total. The minimum atomic E-state index is -0.989. The molecule has 1 heterocycles. The molecule has 1 unspecified atom stereocenters. The summed E-state index contributed by atoms with van der Waals surface area (Å²) in [5.41, 5.74) is 6.17. The maximum atomic E-state index is 10.5. The first kappa shape index (κ1) is 10.7. The highest BCUT2D eigenvalue weighted by Gasteiger charge is 2.13. The number of imidazole rings is 1. The Morgan fingerprint density at radius 2 is 2.50 bits per heavy atom. The largest absolute Gasteiger partial charge is 0.480 e. The van der Waals surface area contributed by atoms with Crippen molar-refractivity contribution in [3.05, 3.63) is 17.7 Å². The van der Waals surface area contributed by atoms with Gasteiger partial charge in [-0.15, -0.1) is 0 Å². The predicted octanol–water partition coefficient (Wildman–Crippen LogP) is 0.317. The van der Waals surface area contributed by atoms with Crippen molar-refractivity contribution in [3.8, 4) is 0 Å². The molecule has 5 nitrogen and oxygen atoms in total. The van der Waals surface area contributed by atoms with Gasteiger partial charge in [-0.3, -0.25) is 4.79 Å². The number of aryl methyl sites for hydroxylation is 1. The minimum Gasteiger partial charge on any atom is -0.480 e. The molecule has 5 heteroatoms. The number of aromatic nitrogens is 2. The molecule has 0 spiro atoms. The number of rotatable bonds is 5. The van der Waals surface area contributed by atoms with E-state index in [-0.39, 0.29) is 0 Å². The Kier molecular flexibility index (Phi) is 3.64. The van der Waals surface area contributed by atoms with Gasteiger partial charge in [0.25, 0.3) is 0 Å². The van der Waals surface area contributed by atoms with Crippen LogP contribution in [-0.2, 0) is 17.6 Å². The normalized spacial score (nSPS) is 12.7. The van der Waals surface area contributed by atoms with E-state index < -0.39 is 12.0 Å². The summed E-state index contributed by atoms with van der Waals surface area (Å²) in [6.45, 7) is 2.06. The third-order valence-electron chi connectivity index (χ3n) is 1.92. The molecule has 1 rings (SSSR count). The van der Waals surface area contributed by atoms with Crippen LogP contribution < -0.4 is 5.73 Å². The van der Waals surface area contributed by atoms with Crippen molar-refractivity contribution >= 4 is 5.97 Å². The summed E-state index contributed by atoms with van der Waals surface area (Å²) in [4.78, 5) is 17.6. The SMILES string of the molecule is CCCc1ncc(CC(N)C(=O)O)[nH]1. The molecule has 1 aromatic heterocycles. The number of aliphatic carboxylic acids is 1. The smallest absolute Gasteiger partial charge is 0.320 e. The van der Waals surface area contributed by atoms with E-state index >= 15 is 0 Å². The van der Waals surface area contributed by atoms with Gasteiger partial charge >= 0.3 is 5.97 Å². The molecule has 1 aromatic rings. The van der Waals surface area contributed by atoms with E-state index in [4.69, 9.17) is 10.8 Å². The molecule has 78 valence electrons. The molecule has 0 saturated carbocycles. The van der Waals surface area contributed by atoms with Crippen molar-refractivity contribution in [3.63, 3.8) is 0 Å². The molecule has 0 amide bonds. The fraction of sp³-hybridized carbons (Fsp3) is 0.556. The molecule has 0 aliphatic rings. The van der Waals surface area contributed by atoms with E-state index in [9.17, 15) is 4.79 Å². The third-order valence-corrected chi connectivity index (χ3v) is 1.92. The van der Waals surface area contributed by atoms with E-state index in [1.165, 1.54) is 0 Å². The number of hydrogen-bond donors (Lipinski definition) is 3. The number of carboxylic acids is 1. The molecule has 14 heavy (non-hydrogen) atoms. The van der Waals surface area contributed by atoms with Crippen LogP contribution in [-0.4, -0.2) is 27.1 Å². The summed E-state index contributed by atoms with van der Waals surface area (Å²) in [5, 5.41) is 8.59. The molecule has 0 saturated heterocycles. The van der Waals surface area contributed by atoms with Gasteiger partial charge in [0.2, 0.25) is 0 Å². The van der Waals surface area contributed by atoms with Crippen molar-refractivity contribution < 1.29 is 9.90 Å². The molecule has 1 atom stereocenters. The zero-order chi connectivity index (χ0) is 10.6. The Hall–Kier alpha value is -1.36. The number of nitrogens with one attached hydrogen (secondary N) is 1. The van der Waals surface area contributed by atoms with Crippen LogP contribution in [0.3, 0.4) is 0 Å². The molecule has 0 bridgehead atoms. The van der Waals surface area contributed by atoms with Crippen LogP contribution in [0.15, 0.2) is 6.20 Å². The monoisotopic (exact) mass is 197 g/mol. The van der Waals surface area contributed by atoms with Crippen LogP contribution in [0.2, 0.25) is 0 Å². The van der Waals surface area contributed by atoms with E-state index in [0.29, 0.717) is 6.42 Å². The van der Waals surface area contributed by atoms with E-state index in [1.807, 2.05) is 0 Å². The van der Waals surface area contributed by atoms with Gasteiger partial charge in [-0.1, -0.05) is 6.92 Å².